The Morgan fingerprint density at radius 2 is 2.21 bits per heavy atom. The van der Waals surface area contributed by atoms with Crippen molar-refractivity contribution < 1.29 is 9.53 Å². The SMILES string of the molecule is COC(=O)C1=C(C)N(C)C(=NCC2CC2)NC1c1cccc(Cl)c1. The van der Waals surface area contributed by atoms with Crippen LogP contribution in [0.25, 0.3) is 0 Å². The van der Waals surface area contributed by atoms with Crippen LogP contribution in [0, 0.1) is 5.92 Å². The fraction of sp³-hybridized carbons (Fsp3) is 0.444. The zero-order chi connectivity index (χ0) is 17.3. The zero-order valence-corrected chi connectivity index (χ0v) is 14.9. The minimum absolute atomic E-state index is 0.328. The number of carbonyl (C=O) groups is 1. The summed E-state index contributed by atoms with van der Waals surface area (Å²) in [6.45, 7) is 2.73. The Kier molecular flexibility index (Phi) is 4.81. The molecule has 1 heterocycles. The summed E-state index contributed by atoms with van der Waals surface area (Å²) >= 11 is 6.14. The van der Waals surface area contributed by atoms with Gasteiger partial charge in [0.2, 0.25) is 0 Å². The van der Waals surface area contributed by atoms with Gasteiger partial charge in [-0.05, 0) is 43.4 Å². The second-order valence-electron chi connectivity index (χ2n) is 6.29. The number of guanidine groups is 1. The number of benzene rings is 1. The van der Waals surface area contributed by atoms with E-state index in [0.717, 1.165) is 23.8 Å². The summed E-state index contributed by atoms with van der Waals surface area (Å²) in [6, 6.07) is 7.17. The molecule has 1 saturated carbocycles. The number of halogens is 1. The fourth-order valence-electron chi connectivity index (χ4n) is 2.83. The second-order valence-corrected chi connectivity index (χ2v) is 6.73. The third-order valence-corrected chi connectivity index (χ3v) is 4.79. The normalized spacial score (nSPS) is 22.6. The molecule has 1 unspecified atom stereocenters. The van der Waals surface area contributed by atoms with E-state index in [1.54, 1.807) is 0 Å². The predicted octanol–water partition coefficient (Wildman–Crippen LogP) is 3.13. The standard InChI is InChI=1S/C18H22ClN3O2/c1-11-15(17(23)24-3)16(13-5-4-6-14(19)9-13)21-18(22(11)2)20-10-12-7-8-12/h4-6,9,12,16H,7-8,10H2,1-3H3,(H,20,21). The Labute approximate surface area is 147 Å². The molecule has 0 saturated heterocycles. The number of allylic oxidation sites excluding steroid dienone is 1. The van der Waals surface area contributed by atoms with E-state index in [9.17, 15) is 4.79 Å². The molecule has 6 heteroatoms. The molecule has 24 heavy (non-hydrogen) atoms. The lowest BCUT2D eigenvalue weighted by molar-refractivity contribution is -0.136. The van der Waals surface area contributed by atoms with E-state index in [4.69, 9.17) is 21.3 Å². The summed E-state index contributed by atoms with van der Waals surface area (Å²) in [5.41, 5.74) is 2.32. The molecule has 0 spiro atoms. The fourth-order valence-corrected chi connectivity index (χ4v) is 3.02. The van der Waals surface area contributed by atoms with Crippen molar-refractivity contribution in [2.45, 2.75) is 25.8 Å². The largest absolute Gasteiger partial charge is 0.466 e. The highest BCUT2D eigenvalue weighted by molar-refractivity contribution is 6.30. The highest BCUT2D eigenvalue weighted by Gasteiger charge is 2.34. The average molecular weight is 348 g/mol. The number of rotatable bonds is 4. The number of hydrogen-bond acceptors (Lipinski definition) is 3. The van der Waals surface area contributed by atoms with Gasteiger partial charge in [0.1, 0.15) is 0 Å². The number of methoxy groups -OCH3 is 1. The van der Waals surface area contributed by atoms with Crippen LogP contribution in [0.5, 0.6) is 0 Å². The molecule has 0 radical (unpaired) electrons. The van der Waals surface area contributed by atoms with Gasteiger partial charge in [-0.25, -0.2) is 4.79 Å². The Hall–Kier alpha value is -2.01. The molecular weight excluding hydrogens is 326 g/mol. The molecule has 1 aromatic rings. The van der Waals surface area contributed by atoms with Crippen molar-refractivity contribution in [3.8, 4) is 0 Å². The molecule has 1 atom stereocenters. The quantitative estimate of drug-likeness (QED) is 0.850. The molecule has 3 rings (SSSR count). The number of carbonyl (C=O) groups excluding carboxylic acids is 1. The van der Waals surface area contributed by atoms with Crippen molar-refractivity contribution in [2.75, 3.05) is 20.7 Å². The van der Waals surface area contributed by atoms with E-state index >= 15 is 0 Å². The number of hydrogen-bond donors (Lipinski definition) is 1. The summed E-state index contributed by atoms with van der Waals surface area (Å²) in [4.78, 5) is 19.0. The van der Waals surface area contributed by atoms with Gasteiger partial charge in [-0.2, -0.15) is 0 Å². The van der Waals surface area contributed by atoms with E-state index in [1.807, 2.05) is 43.1 Å². The summed E-state index contributed by atoms with van der Waals surface area (Å²) in [7, 11) is 3.31. The summed E-state index contributed by atoms with van der Waals surface area (Å²) in [6.07, 6.45) is 2.50. The van der Waals surface area contributed by atoms with Crippen molar-refractivity contribution in [3.05, 3.63) is 46.1 Å². The molecule has 1 fully saturated rings. The lowest BCUT2D eigenvalue weighted by atomic mass is 9.95. The highest BCUT2D eigenvalue weighted by atomic mass is 35.5. The lowest BCUT2D eigenvalue weighted by Crippen LogP contribution is -2.47. The summed E-state index contributed by atoms with van der Waals surface area (Å²) in [5, 5.41) is 4.02. The smallest absolute Gasteiger partial charge is 0.337 e. The molecule has 0 bridgehead atoms. The third-order valence-electron chi connectivity index (χ3n) is 4.56. The van der Waals surface area contributed by atoms with E-state index in [0.29, 0.717) is 16.5 Å². The van der Waals surface area contributed by atoms with E-state index in [2.05, 4.69) is 5.32 Å². The minimum Gasteiger partial charge on any atom is -0.466 e. The molecule has 0 aromatic heterocycles. The van der Waals surface area contributed by atoms with Gasteiger partial charge in [-0.15, -0.1) is 0 Å². The van der Waals surface area contributed by atoms with Gasteiger partial charge in [-0.1, -0.05) is 23.7 Å². The Morgan fingerprint density at radius 3 is 2.83 bits per heavy atom. The van der Waals surface area contributed by atoms with Gasteiger partial charge in [0, 0.05) is 24.3 Å². The molecule has 1 aliphatic heterocycles. The summed E-state index contributed by atoms with van der Waals surface area (Å²) < 4.78 is 5.00. The van der Waals surface area contributed by atoms with Crippen molar-refractivity contribution in [1.82, 2.24) is 10.2 Å². The van der Waals surface area contributed by atoms with Crippen LogP contribution in [0.2, 0.25) is 5.02 Å². The van der Waals surface area contributed by atoms with Gasteiger partial charge in [-0.3, -0.25) is 4.99 Å². The second kappa shape index (κ2) is 6.85. The minimum atomic E-state index is -0.349. The molecule has 1 N–H and O–H groups in total. The van der Waals surface area contributed by atoms with Gasteiger partial charge in [0.15, 0.2) is 5.96 Å². The third kappa shape index (κ3) is 3.41. The van der Waals surface area contributed by atoms with Gasteiger partial charge >= 0.3 is 5.97 Å². The molecule has 0 amide bonds. The van der Waals surface area contributed by atoms with Crippen molar-refractivity contribution in [1.29, 1.82) is 0 Å². The maximum Gasteiger partial charge on any atom is 0.337 e. The van der Waals surface area contributed by atoms with Crippen molar-refractivity contribution >= 4 is 23.5 Å². The molecule has 128 valence electrons. The van der Waals surface area contributed by atoms with Gasteiger partial charge in [0.05, 0.1) is 18.7 Å². The Balaban J connectivity index is 2.01. The van der Waals surface area contributed by atoms with Crippen LogP contribution in [-0.4, -0.2) is 37.5 Å². The van der Waals surface area contributed by atoms with Crippen LogP contribution < -0.4 is 5.32 Å². The number of aliphatic imine (C=N–C) groups is 1. The van der Waals surface area contributed by atoms with E-state index in [1.165, 1.54) is 20.0 Å². The summed E-state index contributed by atoms with van der Waals surface area (Å²) in [5.74, 6) is 1.12. The lowest BCUT2D eigenvalue weighted by Gasteiger charge is -2.36. The number of ether oxygens (including phenoxy) is 1. The molecule has 1 aliphatic carbocycles. The maximum absolute atomic E-state index is 12.4. The maximum atomic E-state index is 12.4. The Bertz CT molecular complexity index is 710. The molecule has 5 nitrogen and oxygen atoms in total. The van der Waals surface area contributed by atoms with Crippen LogP contribution in [0.1, 0.15) is 31.4 Å². The first-order chi connectivity index (χ1) is 11.5. The number of esters is 1. The molecular formula is C18H22ClN3O2. The van der Waals surface area contributed by atoms with Crippen molar-refractivity contribution in [2.24, 2.45) is 10.9 Å². The first kappa shape index (κ1) is 16.8. The first-order valence-corrected chi connectivity index (χ1v) is 8.48. The van der Waals surface area contributed by atoms with Crippen LogP contribution in [0.4, 0.5) is 0 Å². The monoisotopic (exact) mass is 347 g/mol. The Morgan fingerprint density at radius 1 is 1.46 bits per heavy atom. The predicted molar refractivity (Wildman–Crippen MR) is 94.8 cm³/mol. The highest BCUT2D eigenvalue weighted by Crippen LogP contribution is 2.33. The molecule has 1 aromatic carbocycles. The van der Waals surface area contributed by atoms with Crippen LogP contribution >= 0.6 is 11.6 Å². The van der Waals surface area contributed by atoms with Crippen LogP contribution in [0.3, 0.4) is 0 Å². The zero-order valence-electron chi connectivity index (χ0n) is 14.2. The van der Waals surface area contributed by atoms with Crippen LogP contribution in [0.15, 0.2) is 40.5 Å². The first-order valence-electron chi connectivity index (χ1n) is 8.10. The van der Waals surface area contributed by atoms with Gasteiger partial charge in [0.25, 0.3) is 0 Å². The number of nitrogens with zero attached hydrogens (tertiary/aromatic N) is 2. The molecule has 2 aliphatic rings. The van der Waals surface area contributed by atoms with E-state index < -0.39 is 0 Å². The van der Waals surface area contributed by atoms with Crippen molar-refractivity contribution in [3.63, 3.8) is 0 Å². The van der Waals surface area contributed by atoms with E-state index in [-0.39, 0.29) is 12.0 Å². The number of nitrogens with one attached hydrogen (secondary N) is 1. The van der Waals surface area contributed by atoms with Crippen LogP contribution in [-0.2, 0) is 9.53 Å². The average Bonchev–Trinajstić information content (AvgIpc) is 3.39. The van der Waals surface area contributed by atoms with Gasteiger partial charge < -0.3 is 15.0 Å². The topological polar surface area (TPSA) is 53.9 Å².